The average Bonchev–Trinajstić information content (AvgIpc) is 1.97. The van der Waals surface area contributed by atoms with Crippen molar-refractivity contribution in [3.63, 3.8) is 0 Å². The molecule has 0 aromatic rings. The van der Waals surface area contributed by atoms with Crippen LogP contribution < -0.4 is 10.9 Å². The summed E-state index contributed by atoms with van der Waals surface area (Å²) in [5.74, 6) is -3.37. The van der Waals surface area contributed by atoms with Gasteiger partial charge in [0.15, 0.2) is 0 Å². The lowest BCUT2D eigenvalue weighted by molar-refractivity contribution is -0.175. The van der Waals surface area contributed by atoms with Gasteiger partial charge in [0, 0.05) is 5.92 Å². The molecule has 0 aliphatic heterocycles. The molecule has 0 bridgehead atoms. The summed E-state index contributed by atoms with van der Waals surface area (Å²) in [5.41, 5.74) is 2.87. The quantitative estimate of drug-likeness (QED) is 0.597. The van der Waals surface area contributed by atoms with Crippen LogP contribution in [0.3, 0.4) is 0 Å². The Bertz CT molecular complexity index is 212. The van der Waals surface area contributed by atoms with Gasteiger partial charge in [0.05, 0.1) is 0 Å². The topological polar surface area (TPSA) is 58.2 Å². The van der Waals surface area contributed by atoms with E-state index in [0.29, 0.717) is 0 Å². The van der Waals surface area contributed by atoms with Crippen molar-refractivity contribution in [2.45, 2.75) is 20.0 Å². The van der Waals surface area contributed by atoms with Crippen molar-refractivity contribution >= 4 is 11.8 Å². The summed E-state index contributed by atoms with van der Waals surface area (Å²) in [6.07, 6.45) is -4.98. The molecule has 0 aliphatic carbocycles. The lowest BCUT2D eigenvalue weighted by atomic mass is 10.2. The predicted molar refractivity (Wildman–Crippen MR) is 37.2 cm³/mol. The summed E-state index contributed by atoms with van der Waals surface area (Å²) >= 11 is 0. The lowest BCUT2D eigenvalue weighted by Crippen LogP contribution is -2.48. The van der Waals surface area contributed by atoms with Crippen molar-refractivity contribution in [1.82, 2.24) is 10.9 Å². The number of carbonyl (C=O) groups is 2. The highest BCUT2D eigenvalue weighted by atomic mass is 19.4. The Labute approximate surface area is 72.5 Å². The Morgan fingerprint density at radius 1 is 1.15 bits per heavy atom. The average molecular weight is 198 g/mol. The van der Waals surface area contributed by atoms with Crippen molar-refractivity contribution in [1.29, 1.82) is 0 Å². The van der Waals surface area contributed by atoms with E-state index >= 15 is 0 Å². The van der Waals surface area contributed by atoms with E-state index in [4.69, 9.17) is 0 Å². The van der Waals surface area contributed by atoms with Gasteiger partial charge in [0.2, 0.25) is 5.91 Å². The zero-order chi connectivity index (χ0) is 10.6. The second kappa shape index (κ2) is 4.11. The number of halogens is 3. The smallest absolute Gasteiger partial charge is 0.273 e. The number of amides is 2. The molecular weight excluding hydrogens is 189 g/mol. The molecule has 76 valence electrons. The molecule has 0 saturated heterocycles. The summed E-state index contributed by atoms with van der Waals surface area (Å²) in [6.45, 7) is 2.96. The standard InChI is InChI=1S/C6H9F3N2O2/c1-3(2)4(12)10-11-5(13)6(7,8)9/h3H,1-2H3,(H,10,12)(H,11,13). The van der Waals surface area contributed by atoms with E-state index in [1.807, 2.05) is 0 Å². The number of alkyl halides is 3. The van der Waals surface area contributed by atoms with Crippen molar-refractivity contribution in [3.8, 4) is 0 Å². The minimum atomic E-state index is -4.98. The van der Waals surface area contributed by atoms with Gasteiger partial charge in [-0.15, -0.1) is 0 Å². The number of rotatable bonds is 1. The van der Waals surface area contributed by atoms with E-state index in [1.165, 1.54) is 19.3 Å². The zero-order valence-corrected chi connectivity index (χ0v) is 7.03. The van der Waals surface area contributed by atoms with Gasteiger partial charge < -0.3 is 0 Å². The van der Waals surface area contributed by atoms with Crippen molar-refractivity contribution < 1.29 is 22.8 Å². The van der Waals surface area contributed by atoms with Crippen LogP contribution in [0.15, 0.2) is 0 Å². The number of carbonyl (C=O) groups excluding carboxylic acids is 2. The Morgan fingerprint density at radius 3 is 1.92 bits per heavy atom. The van der Waals surface area contributed by atoms with Crippen LogP contribution >= 0.6 is 0 Å². The molecule has 4 nitrogen and oxygen atoms in total. The molecule has 7 heteroatoms. The van der Waals surface area contributed by atoms with Gasteiger partial charge >= 0.3 is 12.1 Å². The maximum absolute atomic E-state index is 11.5. The minimum absolute atomic E-state index is 0.492. The van der Waals surface area contributed by atoms with E-state index in [9.17, 15) is 22.8 Å². The molecule has 0 aromatic heterocycles. The molecule has 0 rings (SSSR count). The van der Waals surface area contributed by atoms with Gasteiger partial charge in [-0.3, -0.25) is 20.4 Å². The van der Waals surface area contributed by atoms with E-state index < -0.39 is 23.9 Å². The van der Waals surface area contributed by atoms with Crippen molar-refractivity contribution in [2.24, 2.45) is 5.92 Å². The van der Waals surface area contributed by atoms with Crippen LogP contribution in [0.2, 0.25) is 0 Å². The Balaban J connectivity index is 3.92. The van der Waals surface area contributed by atoms with Crippen LogP contribution in [0.5, 0.6) is 0 Å². The van der Waals surface area contributed by atoms with E-state index in [1.54, 1.807) is 5.43 Å². The summed E-state index contributed by atoms with van der Waals surface area (Å²) < 4.78 is 34.6. The molecule has 13 heavy (non-hydrogen) atoms. The van der Waals surface area contributed by atoms with Gasteiger partial charge in [0.25, 0.3) is 0 Å². The molecule has 0 radical (unpaired) electrons. The van der Waals surface area contributed by atoms with Crippen LogP contribution in [0.4, 0.5) is 13.2 Å². The molecule has 0 saturated carbocycles. The Hall–Kier alpha value is -1.27. The first-order valence-electron chi connectivity index (χ1n) is 3.42. The number of hydrazine groups is 1. The highest BCUT2D eigenvalue weighted by Gasteiger charge is 2.38. The highest BCUT2D eigenvalue weighted by molar-refractivity contribution is 5.85. The molecular formula is C6H9F3N2O2. The third kappa shape index (κ3) is 4.34. The molecule has 0 heterocycles. The van der Waals surface area contributed by atoms with Gasteiger partial charge in [-0.1, -0.05) is 13.8 Å². The normalized spacial score (nSPS) is 11.2. The molecule has 0 aromatic carbocycles. The molecule has 0 spiro atoms. The molecule has 0 atom stereocenters. The third-order valence-electron chi connectivity index (χ3n) is 1.08. The first kappa shape index (κ1) is 11.7. The van der Waals surface area contributed by atoms with Crippen LogP contribution in [0.25, 0.3) is 0 Å². The highest BCUT2D eigenvalue weighted by Crippen LogP contribution is 2.13. The van der Waals surface area contributed by atoms with Crippen LogP contribution in [0, 0.1) is 5.92 Å². The van der Waals surface area contributed by atoms with Gasteiger partial charge in [-0.25, -0.2) is 0 Å². The lowest BCUT2D eigenvalue weighted by Gasteiger charge is -2.10. The molecule has 2 amide bonds. The fraction of sp³-hybridized carbons (Fsp3) is 0.667. The van der Waals surface area contributed by atoms with Crippen LogP contribution in [0.1, 0.15) is 13.8 Å². The fourth-order valence-corrected chi connectivity index (χ4v) is 0.334. The summed E-state index contributed by atoms with van der Waals surface area (Å²) in [4.78, 5) is 20.8. The Morgan fingerprint density at radius 2 is 1.62 bits per heavy atom. The zero-order valence-electron chi connectivity index (χ0n) is 7.03. The predicted octanol–water partition coefficient (Wildman–Crippen LogP) is 0.352. The van der Waals surface area contributed by atoms with Gasteiger partial charge in [-0.2, -0.15) is 13.2 Å². The Kier molecular flexibility index (Phi) is 3.70. The first-order chi connectivity index (χ1) is 5.75. The maximum Gasteiger partial charge on any atom is 0.472 e. The molecule has 0 fully saturated rings. The van der Waals surface area contributed by atoms with E-state index in [2.05, 4.69) is 0 Å². The third-order valence-corrected chi connectivity index (χ3v) is 1.08. The second-order valence-corrected chi connectivity index (χ2v) is 2.60. The first-order valence-corrected chi connectivity index (χ1v) is 3.42. The minimum Gasteiger partial charge on any atom is -0.273 e. The molecule has 0 aliphatic rings. The number of hydrogen-bond donors (Lipinski definition) is 2. The van der Waals surface area contributed by atoms with Crippen LogP contribution in [-0.2, 0) is 9.59 Å². The van der Waals surface area contributed by atoms with Crippen LogP contribution in [-0.4, -0.2) is 18.0 Å². The van der Waals surface area contributed by atoms with Crippen molar-refractivity contribution in [2.75, 3.05) is 0 Å². The molecule has 0 unspecified atom stereocenters. The summed E-state index contributed by atoms with van der Waals surface area (Å²) in [5, 5.41) is 0. The van der Waals surface area contributed by atoms with Gasteiger partial charge in [0.1, 0.15) is 0 Å². The van der Waals surface area contributed by atoms with Crippen molar-refractivity contribution in [3.05, 3.63) is 0 Å². The summed E-state index contributed by atoms with van der Waals surface area (Å²) in [7, 11) is 0. The van der Waals surface area contributed by atoms with Gasteiger partial charge in [-0.05, 0) is 0 Å². The number of hydrogen-bond acceptors (Lipinski definition) is 2. The second-order valence-electron chi connectivity index (χ2n) is 2.60. The molecule has 2 N–H and O–H groups in total. The SMILES string of the molecule is CC(C)C(=O)NNC(=O)C(F)(F)F. The number of nitrogens with one attached hydrogen (secondary N) is 2. The fourth-order valence-electron chi connectivity index (χ4n) is 0.334. The largest absolute Gasteiger partial charge is 0.472 e. The van der Waals surface area contributed by atoms with E-state index in [-0.39, 0.29) is 0 Å². The summed E-state index contributed by atoms with van der Waals surface area (Å²) in [6, 6.07) is 0. The van der Waals surface area contributed by atoms with E-state index in [0.717, 1.165) is 0 Å². The maximum atomic E-state index is 11.5. The monoisotopic (exact) mass is 198 g/mol.